The van der Waals surface area contributed by atoms with Crippen LogP contribution in [0.25, 0.3) is 0 Å². The Morgan fingerprint density at radius 2 is 1.93 bits per heavy atom. The summed E-state index contributed by atoms with van der Waals surface area (Å²) in [5.74, 6) is 1.43. The van der Waals surface area contributed by atoms with Crippen LogP contribution in [0.15, 0.2) is 71.0 Å². The second-order valence-electron chi connectivity index (χ2n) is 6.92. The van der Waals surface area contributed by atoms with Crippen molar-refractivity contribution in [3.8, 4) is 11.5 Å². The van der Waals surface area contributed by atoms with Gasteiger partial charge in [0.15, 0.2) is 22.8 Å². The zero-order valence-corrected chi connectivity index (χ0v) is 17.6. The zero-order chi connectivity index (χ0) is 20.9. The van der Waals surface area contributed by atoms with E-state index in [0.29, 0.717) is 24.1 Å². The molecule has 0 saturated carbocycles. The number of nitrogens with one attached hydrogen (secondary N) is 1. The quantitative estimate of drug-likeness (QED) is 0.620. The van der Waals surface area contributed by atoms with E-state index in [-0.39, 0.29) is 12.1 Å². The number of carbonyl (C=O) groups excluding carboxylic acids is 1. The maximum Gasteiger partial charge on any atom is 0.321 e. The van der Waals surface area contributed by atoms with E-state index in [9.17, 15) is 4.79 Å². The first-order chi connectivity index (χ1) is 14.6. The van der Waals surface area contributed by atoms with Crippen LogP contribution in [0.4, 0.5) is 10.5 Å². The van der Waals surface area contributed by atoms with Gasteiger partial charge in [-0.2, -0.15) is 0 Å². The highest BCUT2D eigenvalue weighted by molar-refractivity contribution is 7.99. The van der Waals surface area contributed by atoms with Crippen LogP contribution in [0.2, 0.25) is 0 Å². The summed E-state index contributed by atoms with van der Waals surface area (Å²) in [4.78, 5) is 23.7. The molecule has 1 aliphatic heterocycles. The van der Waals surface area contributed by atoms with E-state index >= 15 is 0 Å². The molecule has 0 fully saturated rings. The largest absolute Gasteiger partial charge is 0.486 e. The Morgan fingerprint density at radius 3 is 2.70 bits per heavy atom. The normalized spacial score (nSPS) is 14.8. The fourth-order valence-corrected chi connectivity index (χ4v) is 3.85. The van der Waals surface area contributed by atoms with Crippen molar-refractivity contribution in [2.45, 2.75) is 23.1 Å². The molecule has 154 valence electrons. The third-order valence-corrected chi connectivity index (χ3v) is 5.47. The summed E-state index contributed by atoms with van der Waals surface area (Å²) >= 11 is 1.48. The van der Waals surface area contributed by atoms with E-state index in [1.54, 1.807) is 30.4 Å². The van der Waals surface area contributed by atoms with Gasteiger partial charge in [0.05, 0.1) is 6.54 Å². The second-order valence-corrected chi connectivity index (χ2v) is 7.96. The lowest BCUT2D eigenvalue weighted by Crippen LogP contribution is -2.43. The minimum absolute atomic E-state index is 0.202. The number of hydrogen-bond acceptors (Lipinski definition) is 6. The number of likely N-dealkylation sites (N-methyl/N-ethyl adjacent to an activating group) is 1. The SMILES string of the molecule is Cc1cc(Sc2ncccn2)ccc1NC(=O)N(C)CC1COc2ccccc2O1. The molecule has 30 heavy (non-hydrogen) atoms. The molecule has 0 radical (unpaired) electrons. The van der Waals surface area contributed by atoms with Crippen molar-refractivity contribution in [2.24, 2.45) is 0 Å². The first-order valence-corrected chi connectivity index (χ1v) is 10.4. The maximum atomic E-state index is 12.7. The summed E-state index contributed by atoms with van der Waals surface area (Å²) < 4.78 is 11.7. The van der Waals surface area contributed by atoms with Crippen LogP contribution in [0.3, 0.4) is 0 Å². The lowest BCUT2D eigenvalue weighted by molar-refractivity contribution is 0.0731. The van der Waals surface area contributed by atoms with E-state index in [1.807, 2.05) is 49.4 Å². The zero-order valence-electron chi connectivity index (χ0n) is 16.7. The highest BCUT2D eigenvalue weighted by Gasteiger charge is 2.24. The van der Waals surface area contributed by atoms with Crippen molar-refractivity contribution in [3.05, 3.63) is 66.5 Å². The van der Waals surface area contributed by atoms with E-state index in [1.165, 1.54) is 11.8 Å². The molecule has 1 aromatic heterocycles. The van der Waals surface area contributed by atoms with Gasteiger partial charge in [0, 0.05) is 30.0 Å². The molecule has 0 bridgehead atoms. The first-order valence-electron chi connectivity index (χ1n) is 9.54. The van der Waals surface area contributed by atoms with Gasteiger partial charge in [-0.25, -0.2) is 14.8 Å². The number of benzene rings is 2. The highest BCUT2D eigenvalue weighted by Crippen LogP contribution is 2.31. The van der Waals surface area contributed by atoms with Crippen LogP contribution in [-0.4, -0.2) is 47.2 Å². The number of ether oxygens (including phenoxy) is 2. The molecule has 4 rings (SSSR count). The predicted molar refractivity (Wildman–Crippen MR) is 115 cm³/mol. The van der Waals surface area contributed by atoms with Crippen LogP contribution < -0.4 is 14.8 Å². The molecule has 0 aliphatic carbocycles. The monoisotopic (exact) mass is 422 g/mol. The number of para-hydroxylation sites is 2. The number of carbonyl (C=O) groups is 1. The number of amides is 2. The molecule has 0 spiro atoms. The first kappa shape index (κ1) is 20.0. The van der Waals surface area contributed by atoms with Crippen LogP contribution in [0.1, 0.15) is 5.56 Å². The second kappa shape index (κ2) is 9.04. The molecule has 1 atom stereocenters. The number of anilines is 1. The molecule has 3 aromatic rings. The molecule has 7 nitrogen and oxygen atoms in total. The summed E-state index contributed by atoms with van der Waals surface area (Å²) in [5, 5.41) is 3.64. The topological polar surface area (TPSA) is 76.6 Å². The minimum atomic E-state index is -0.221. The Kier molecular flexibility index (Phi) is 6.04. The van der Waals surface area contributed by atoms with Gasteiger partial charge in [-0.15, -0.1) is 0 Å². The maximum absolute atomic E-state index is 12.7. The summed E-state index contributed by atoms with van der Waals surface area (Å²) in [6.45, 7) is 2.78. The molecule has 2 aromatic carbocycles. The molecule has 1 aliphatic rings. The number of fused-ring (bicyclic) bond motifs is 1. The van der Waals surface area contributed by atoms with Gasteiger partial charge >= 0.3 is 6.03 Å². The third kappa shape index (κ3) is 4.83. The molecule has 1 unspecified atom stereocenters. The van der Waals surface area contributed by atoms with E-state index in [2.05, 4.69) is 15.3 Å². The smallest absolute Gasteiger partial charge is 0.321 e. The number of aryl methyl sites for hydroxylation is 1. The molecule has 1 N–H and O–H groups in total. The van der Waals surface area contributed by atoms with Gasteiger partial charge in [0.2, 0.25) is 0 Å². The molecule has 2 heterocycles. The van der Waals surface area contributed by atoms with Gasteiger partial charge in [0.1, 0.15) is 6.61 Å². The van der Waals surface area contributed by atoms with E-state index in [0.717, 1.165) is 21.9 Å². The fraction of sp³-hybridized carbons (Fsp3) is 0.227. The Labute approximate surface area is 179 Å². The number of urea groups is 1. The van der Waals surface area contributed by atoms with Gasteiger partial charge in [-0.1, -0.05) is 12.1 Å². The number of aromatic nitrogens is 2. The van der Waals surface area contributed by atoms with Crippen molar-refractivity contribution in [2.75, 3.05) is 25.5 Å². The summed E-state index contributed by atoms with van der Waals surface area (Å²) in [5.41, 5.74) is 1.72. The molecule has 8 heteroatoms. The minimum Gasteiger partial charge on any atom is -0.486 e. The summed E-state index contributed by atoms with van der Waals surface area (Å²) in [6.07, 6.45) is 3.21. The van der Waals surface area contributed by atoms with Gasteiger partial charge in [0.25, 0.3) is 0 Å². The van der Waals surface area contributed by atoms with Crippen LogP contribution in [-0.2, 0) is 0 Å². The van der Waals surface area contributed by atoms with E-state index in [4.69, 9.17) is 9.47 Å². The average molecular weight is 423 g/mol. The van der Waals surface area contributed by atoms with Crippen molar-refractivity contribution in [1.82, 2.24) is 14.9 Å². The Bertz CT molecular complexity index is 1030. The summed E-state index contributed by atoms with van der Waals surface area (Å²) in [6, 6.07) is 15.0. The molecule has 2 amide bonds. The fourth-order valence-electron chi connectivity index (χ4n) is 3.04. The van der Waals surface area contributed by atoms with Gasteiger partial charge in [-0.05, 0) is 60.6 Å². The average Bonchev–Trinajstić information content (AvgIpc) is 2.76. The third-order valence-electron chi connectivity index (χ3n) is 4.58. The number of hydrogen-bond donors (Lipinski definition) is 1. The number of rotatable bonds is 5. The molecular formula is C22H22N4O3S. The van der Waals surface area contributed by atoms with Crippen LogP contribution in [0, 0.1) is 6.92 Å². The van der Waals surface area contributed by atoms with E-state index < -0.39 is 0 Å². The van der Waals surface area contributed by atoms with Crippen LogP contribution >= 0.6 is 11.8 Å². The van der Waals surface area contributed by atoms with Crippen molar-refractivity contribution in [1.29, 1.82) is 0 Å². The molecular weight excluding hydrogens is 400 g/mol. The Morgan fingerprint density at radius 1 is 1.17 bits per heavy atom. The Balaban J connectivity index is 1.34. The lowest BCUT2D eigenvalue weighted by Gasteiger charge is -2.29. The lowest BCUT2D eigenvalue weighted by atomic mass is 10.2. The van der Waals surface area contributed by atoms with Crippen LogP contribution in [0.5, 0.6) is 11.5 Å². The molecule has 0 saturated heterocycles. The summed E-state index contributed by atoms with van der Waals surface area (Å²) in [7, 11) is 1.74. The van der Waals surface area contributed by atoms with Gasteiger partial charge < -0.3 is 19.7 Å². The van der Waals surface area contributed by atoms with Crippen molar-refractivity contribution < 1.29 is 14.3 Å². The standard InChI is InChI=1S/C22H22N4O3S/c1-15-12-17(30-21-23-10-5-11-24-21)8-9-18(15)25-22(27)26(2)13-16-14-28-19-6-3-4-7-20(19)29-16/h3-12,16H,13-14H2,1-2H3,(H,25,27). The van der Waals surface area contributed by atoms with Crippen molar-refractivity contribution in [3.63, 3.8) is 0 Å². The predicted octanol–water partition coefficient (Wildman–Crippen LogP) is 4.24. The Hall–Kier alpha value is -3.26. The van der Waals surface area contributed by atoms with Crippen molar-refractivity contribution >= 4 is 23.5 Å². The highest BCUT2D eigenvalue weighted by atomic mass is 32.2. The number of nitrogens with zero attached hydrogens (tertiary/aromatic N) is 3. The van der Waals surface area contributed by atoms with Gasteiger partial charge in [-0.3, -0.25) is 0 Å².